The standard InChI is InChI=1S/C25H18BrClN4O2/c1-14-7-9-17(13-20(14)27)31-29-21-10-8-16(12-22(21)30-31)28-25(32)19-11-15-5-3-4-6-18(15)23(26)24(19)33-2/h3-13H,1-2H3,(H,28,32). The number of carbonyl (C=O) groups excluding carboxylic acids is 1. The van der Waals surface area contributed by atoms with Gasteiger partial charge >= 0.3 is 0 Å². The van der Waals surface area contributed by atoms with Crippen LogP contribution in [0.1, 0.15) is 15.9 Å². The SMILES string of the molecule is COc1c(C(=O)Nc2ccc3nn(-c4ccc(C)c(Cl)c4)nc3c2)cc2ccccc2c1Br. The van der Waals surface area contributed by atoms with E-state index in [1.54, 1.807) is 19.2 Å². The monoisotopic (exact) mass is 520 g/mol. The molecule has 0 unspecified atom stereocenters. The number of methoxy groups -OCH3 is 1. The number of aromatic nitrogens is 3. The van der Waals surface area contributed by atoms with Gasteiger partial charge in [-0.1, -0.05) is 41.9 Å². The minimum absolute atomic E-state index is 0.282. The van der Waals surface area contributed by atoms with Crippen LogP contribution in [0.15, 0.2) is 71.2 Å². The number of nitrogens with zero attached hydrogens (tertiary/aromatic N) is 3. The molecule has 33 heavy (non-hydrogen) atoms. The maximum Gasteiger partial charge on any atom is 0.259 e. The highest BCUT2D eigenvalue weighted by molar-refractivity contribution is 9.10. The Kier molecular flexibility index (Phi) is 5.52. The summed E-state index contributed by atoms with van der Waals surface area (Å²) in [5.74, 6) is 0.199. The summed E-state index contributed by atoms with van der Waals surface area (Å²) in [4.78, 5) is 14.7. The molecule has 1 N–H and O–H groups in total. The normalized spacial score (nSPS) is 11.2. The van der Waals surface area contributed by atoms with Gasteiger partial charge in [-0.3, -0.25) is 4.79 Å². The predicted octanol–water partition coefficient (Wildman–Crippen LogP) is 6.56. The Balaban J connectivity index is 1.48. The molecule has 1 heterocycles. The second-order valence-corrected chi connectivity index (χ2v) is 8.77. The van der Waals surface area contributed by atoms with Crippen LogP contribution in [-0.2, 0) is 0 Å². The first-order valence-electron chi connectivity index (χ1n) is 10.1. The first-order chi connectivity index (χ1) is 15.9. The number of benzene rings is 4. The number of carbonyl (C=O) groups is 1. The minimum Gasteiger partial charge on any atom is -0.495 e. The third kappa shape index (κ3) is 3.94. The lowest BCUT2D eigenvalue weighted by molar-refractivity contribution is 0.102. The number of hydrogen-bond acceptors (Lipinski definition) is 4. The van der Waals surface area contributed by atoms with Crippen LogP contribution in [0, 0.1) is 6.92 Å². The zero-order valence-corrected chi connectivity index (χ0v) is 20.1. The third-order valence-corrected chi connectivity index (χ3v) is 6.61. The molecule has 0 spiro atoms. The van der Waals surface area contributed by atoms with Crippen molar-refractivity contribution in [2.24, 2.45) is 0 Å². The molecule has 8 heteroatoms. The molecule has 0 aliphatic heterocycles. The van der Waals surface area contributed by atoms with Gasteiger partial charge in [0.2, 0.25) is 0 Å². The van der Waals surface area contributed by atoms with Crippen molar-refractivity contribution in [3.63, 3.8) is 0 Å². The fourth-order valence-electron chi connectivity index (χ4n) is 3.66. The van der Waals surface area contributed by atoms with E-state index in [9.17, 15) is 4.79 Å². The Morgan fingerprint density at radius 1 is 1.03 bits per heavy atom. The molecule has 6 nitrogen and oxygen atoms in total. The van der Waals surface area contributed by atoms with Crippen molar-refractivity contribution in [3.8, 4) is 11.4 Å². The molecule has 1 aromatic heterocycles. The summed E-state index contributed by atoms with van der Waals surface area (Å²) in [5, 5.41) is 14.6. The number of rotatable bonds is 4. The summed E-state index contributed by atoms with van der Waals surface area (Å²) in [7, 11) is 1.55. The van der Waals surface area contributed by atoms with Crippen molar-refractivity contribution in [1.29, 1.82) is 0 Å². The van der Waals surface area contributed by atoms with Crippen molar-refractivity contribution in [1.82, 2.24) is 15.0 Å². The quantitative estimate of drug-likeness (QED) is 0.291. The number of hydrogen-bond donors (Lipinski definition) is 1. The van der Waals surface area contributed by atoms with Crippen LogP contribution in [0.25, 0.3) is 27.5 Å². The molecular weight excluding hydrogens is 504 g/mol. The van der Waals surface area contributed by atoms with Gasteiger partial charge in [-0.15, -0.1) is 10.2 Å². The molecular formula is C25H18BrClN4O2. The van der Waals surface area contributed by atoms with Gasteiger partial charge in [0.1, 0.15) is 16.8 Å². The number of anilines is 1. The number of fused-ring (bicyclic) bond motifs is 2. The van der Waals surface area contributed by atoms with Crippen molar-refractivity contribution < 1.29 is 9.53 Å². The van der Waals surface area contributed by atoms with Crippen molar-refractivity contribution in [2.75, 3.05) is 12.4 Å². The lowest BCUT2D eigenvalue weighted by Crippen LogP contribution is -2.13. The number of aryl methyl sites for hydroxylation is 1. The van der Waals surface area contributed by atoms with Gasteiger partial charge in [-0.05, 0) is 75.6 Å². The maximum absolute atomic E-state index is 13.2. The smallest absolute Gasteiger partial charge is 0.259 e. The number of amides is 1. The Bertz CT molecular complexity index is 1550. The average molecular weight is 522 g/mol. The molecule has 0 saturated carbocycles. The van der Waals surface area contributed by atoms with Crippen molar-refractivity contribution >= 4 is 60.9 Å². The van der Waals surface area contributed by atoms with E-state index in [1.165, 1.54) is 4.80 Å². The minimum atomic E-state index is -0.282. The fraction of sp³-hybridized carbons (Fsp3) is 0.0800. The van der Waals surface area contributed by atoms with E-state index in [0.29, 0.717) is 33.1 Å². The predicted molar refractivity (Wildman–Crippen MR) is 135 cm³/mol. The summed E-state index contributed by atoms with van der Waals surface area (Å²) < 4.78 is 6.28. The lowest BCUT2D eigenvalue weighted by Gasteiger charge is -2.13. The van der Waals surface area contributed by atoms with Crippen LogP contribution in [0.5, 0.6) is 5.75 Å². The molecule has 0 fully saturated rings. The van der Waals surface area contributed by atoms with Crippen LogP contribution >= 0.6 is 27.5 Å². The van der Waals surface area contributed by atoms with Crippen LogP contribution in [0.3, 0.4) is 0 Å². The number of halogens is 2. The van der Waals surface area contributed by atoms with Crippen molar-refractivity contribution in [3.05, 3.63) is 87.4 Å². The Morgan fingerprint density at radius 2 is 1.82 bits per heavy atom. The van der Waals surface area contributed by atoms with Gasteiger partial charge in [0.15, 0.2) is 0 Å². The summed E-state index contributed by atoms with van der Waals surface area (Å²) in [6.07, 6.45) is 0. The Morgan fingerprint density at radius 3 is 2.61 bits per heavy atom. The second kappa shape index (κ2) is 8.50. The first-order valence-corrected chi connectivity index (χ1v) is 11.3. The molecule has 0 aliphatic carbocycles. The summed E-state index contributed by atoms with van der Waals surface area (Å²) in [6.45, 7) is 1.94. The summed E-state index contributed by atoms with van der Waals surface area (Å²) in [5.41, 5.74) is 4.14. The molecule has 0 radical (unpaired) electrons. The van der Waals surface area contributed by atoms with Crippen LogP contribution in [0.4, 0.5) is 5.69 Å². The molecule has 1 amide bonds. The first kappa shape index (κ1) is 21.4. The van der Waals surface area contributed by atoms with Gasteiger partial charge in [0.05, 0.1) is 22.8 Å². The molecule has 4 aromatic carbocycles. The van der Waals surface area contributed by atoms with Gasteiger partial charge < -0.3 is 10.1 Å². The third-order valence-electron chi connectivity index (χ3n) is 5.41. The second-order valence-electron chi connectivity index (χ2n) is 7.57. The molecule has 5 aromatic rings. The lowest BCUT2D eigenvalue weighted by atomic mass is 10.1. The van der Waals surface area contributed by atoms with Gasteiger partial charge in [0.25, 0.3) is 5.91 Å². The van der Waals surface area contributed by atoms with E-state index < -0.39 is 0 Å². The highest BCUT2D eigenvalue weighted by Gasteiger charge is 2.19. The highest BCUT2D eigenvalue weighted by atomic mass is 79.9. The van der Waals surface area contributed by atoms with Gasteiger partial charge in [-0.25, -0.2) is 0 Å². The molecule has 5 rings (SSSR count). The van der Waals surface area contributed by atoms with E-state index in [1.807, 2.05) is 61.5 Å². The van der Waals surface area contributed by atoms with E-state index >= 15 is 0 Å². The van der Waals surface area contributed by atoms with Crippen LogP contribution < -0.4 is 10.1 Å². The molecule has 164 valence electrons. The summed E-state index contributed by atoms with van der Waals surface area (Å²) in [6, 6.07) is 20.7. The zero-order valence-electron chi connectivity index (χ0n) is 17.8. The molecule has 0 aliphatic rings. The van der Waals surface area contributed by atoms with Crippen LogP contribution in [0.2, 0.25) is 5.02 Å². The Labute approximate surface area is 203 Å². The fourth-order valence-corrected chi connectivity index (χ4v) is 4.58. The maximum atomic E-state index is 13.2. The molecule has 0 atom stereocenters. The van der Waals surface area contributed by atoms with E-state index in [2.05, 4.69) is 31.4 Å². The van der Waals surface area contributed by atoms with E-state index in [0.717, 1.165) is 26.5 Å². The van der Waals surface area contributed by atoms with E-state index in [-0.39, 0.29) is 5.91 Å². The number of ether oxygens (including phenoxy) is 1. The van der Waals surface area contributed by atoms with Crippen LogP contribution in [-0.4, -0.2) is 28.0 Å². The Hall–Kier alpha value is -3.42. The zero-order chi connectivity index (χ0) is 23.1. The van der Waals surface area contributed by atoms with E-state index in [4.69, 9.17) is 16.3 Å². The van der Waals surface area contributed by atoms with Crippen molar-refractivity contribution in [2.45, 2.75) is 6.92 Å². The van der Waals surface area contributed by atoms with Gasteiger partial charge in [0, 0.05) is 10.7 Å². The topological polar surface area (TPSA) is 69.0 Å². The molecule has 0 bridgehead atoms. The largest absolute Gasteiger partial charge is 0.495 e. The molecule has 0 saturated heterocycles. The number of nitrogens with one attached hydrogen (secondary N) is 1. The van der Waals surface area contributed by atoms with Gasteiger partial charge in [-0.2, -0.15) is 4.80 Å². The highest BCUT2D eigenvalue weighted by Crippen LogP contribution is 2.37. The summed E-state index contributed by atoms with van der Waals surface area (Å²) >= 11 is 9.82. The average Bonchev–Trinajstić information content (AvgIpc) is 3.24.